The van der Waals surface area contributed by atoms with Crippen LogP contribution in [0.3, 0.4) is 0 Å². The molecule has 2 rings (SSSR count). The van der Waals surface area contributed by atoms with E-state index in [4.69, 9.17) is 16.7 Å². The van der Waals surface area contributed by atoms with Crippen LogP contribution >= 0.6 is 11.6 Å². The Labute approximate surface area is 124 Å². The first-order valence-corrected chi connectivity index (χ1v) is 7.25. The molecule has 1 aliphatic rings. The minimum atomic E-state index is -0.676. The van der Waals surface area contributed by atoms with E-state index < -0.39 is 6.10 Å². The monoisotopic (exact) mass is 297 g/mol. The third-order valence-electron chi connectivity index (χ3n) is 3.96. The summed E-state index contributed by atoms with van der Waals surface area (Å²) in [6.45, 7) is 2.89. The predicted octanol–water partition coefficient (Wildman–Crippen LogP) is 1.85. The minimum absolute atomic E-state index is 0.00158. The van der Waals surface area contributed by atoms with E-state index in [2.05, 4.69) is 0 Å². The largest absolute Gasteiger partial charge is 0.394 e. The second-order valence-electron chi connectivity index (χ2n) is 5.34. The zero-order valence-electron chi connectivity index (χ0n) is 11.6. The molecule has 0 saturated carbocycles. The van der Waals surface area contributed by atoms with Gasteiger partial charge in [-0.25, -0.2) is 0 Å². The Kier molecular flexibility index (Phi) is 5.02. The number of aliphatic hydroxyl groups excluding tert-OH is 2. The van der Waals surface area contributed by atoms with Gasteiger partial charge in [-0.1, -0.05) is 11.6 Å². The van der Waals surface area contributed by atoms with Crippen LogP contribution in [0.4, 0.5) is 0 Å². The molecule has 0 radical (unpaired) electrons. The Morgan fingerprint density at radius 3 is 2.65 bits per heavy atom. The molecule has 0 aliphatic carbocycles. The van der Waals surface area contributed by atoms with Crippen molar-refractivity contribution in [1.29, 1.82) is 0 Å². The molecule has 1 amide bonds. The smallest absolute Gasteiger partial charge is 0.253 e. The van der Waals surface area contributed by atoms with Gasteiger partial charge in [0, 0.05) is 23.7 Å². The van der Waals surface area contributed by atoms with Crippen LogP contribution in [0, 0.1) is 12.8 Å². The van der Waals surface area contributed by atoms with Crippen molar-refractivity contribution in [1.82, 2.24) is 4.90 Å². The first-order chi connectivity index (χ1) is 9.52. The van der Waals surface area contributed by atoms with E-state index in [0.29, 0.717) is 23.7 Å². The van der Waals surface area contributed by atoms with Gasteiger partial charge in [0.1, 0.15) is 0 Å². The van der Waals surface area contributed by atoms with Crippen molar-refractivity contribution in [2.45, 2.75) is 25.9 Å². The fourth-order valence-corrected chi connectivity index (χ4v) is 2.71. The molecule has 1 fully saturated rings. The predicted molar refractivity (Wildman–Crippen MR) is 77.9 cm³/mol. The number of piperidine rings is 1. The van der Waals surface area contributed by atoms with Crippen LogP contribution in [0.15, 0.2) is 18.2 Å². The average Bonchev–Trinajstić information content (AvgIpc) is 2.48. The molecule has 1 saturated heterocycles. The van der Waals surface area contributed by atoms with Crippen molar-refractivity contribution in [2.75, 3.05) is 19.7 Å². The molecular formula is C15H20ClNO3. The first kappa shape index (κ1) is 15.3. The maximum atomic E-state index is 12.4. The lowest BCUT2D eigenvalue weighted by Crippen LogP contribution is -2.42. The summed E-state index contributed by atoms with van der Waals surface area (Å²) in [7, 11) is 0. The zero-order chi connectivity index (χ0) is 14.7. The summed E-state index contributed by atoms with van der Waals surface area (Å²) in [4.78, 5) is 14.2. The van der Waals surface area contributed by atoms with E-state index in [1.165, 1.54) is 0 Å². The molecule has 1 aromatic carbocycles. The number of aryl methyl sites for hydroxylation is 1. The number of halogens is 1. The molecule has 1 aliphatic heterocycles. The second-order valence-corrected chi connectivity index (χ2v) is 5.75. The zero-order valence-corrected chi connectivity index (χ0v) is 12.3. The Balaban J connectivity index is 1.99. The Bertz CT molecular complexity index is 484. The highest BCUT2D eigenvalue weighted by atomic mass is 35.5. The molecule has 1 atom stereocenters. The molecule has 1 unspecified atom stereocenters. The topological polar surface area (TPSA) is 60.8 Å². The van der Waals surface area contributed by atoms with Crippen LogP contribution in [0.25, 0.3) is 0 Å². The van der Waals surface area contributed by atoms with E-state index in [1.54, 1.807) is 23.1 Å². The molecule has 0 aromatic heterocycles. The second kappa shape index (κ2) is 6.57. The highest BCUT2D eigenvalue weighted by molar-refractivity contribution is 6.31. The van der Waals surface area contributed by atoms with Crippen LogP contribution in [-0.2, 0) is 0 Å². The van der Waals surface area contributed by atoms with Crippen molar-refractivity contribution in [3.8, 4) is 0 Å². The van der Waals surface area contributed by atoms with Crippen LogP contribution in [0.2, 0.25) is 5.02 Å². The number of likely N-dealkylation sites (tertiary alicyclic amines) is 1. The summed E-state index contributed by atoms with van der Waals surface area (Å²) in [6, 6.07) is 5.29. The quantitative estimate of drug-likeness (QED) is 0.895. The van der Waals surface area contributed by atoms with Crippen molar-refractivity contribution in [2.24, 2.45) is 5.92 Å². The number of rotatable bonds is 3. The number of amides is 1. The van der Waals surface area contributed by atoms with Crippen molar-refractivity contribution < 1.29 is 15.0 Å². The lowest BCUT2D eigenvalue weighted by Gasteiger charge is -2.33. The van der Waals surface area contributed by atoms with Gasteiger partial charge in [0.05, 0.1) is 12.7 Å². The number of carbonyl (C=O) groups is 1. The minimum Gasteiger partial charge on any atom is -0.394 e. The van der Waals surface area contributed by atoms with Crippen LogP contribution in [0.1, 0.15) is 28.8 Å². The molecule has 5 heteroatoms. The van der Waals surface area contributed by atoms with E-state index in [0.717, 1.165) is 18.4 Å². The van der Waals surface area contributed by atoms with Gasteiger partial charge in [-0.2, -0.15) is 0 Å². The molecule has 1 aromatic rings. The molecule has 4 nitrogen and oxygen atoms in total. The Morgan fingerprint density at radius 2 is 2.10 bits per heavy atom. The number of carbonyl (C=O) groups excluding carboxylic acids is 1. The summed E-state index contributed by atoms with van der Waals surface area (Å²) in [5.41, 5.74) is 1.54. The normalized spacial score (nSPS) is 18.1. The van der Waals surface area contributed by atoms with Crippen molar-refractivity contribution in [3.05, 3.63) is 34.3 Å². The summed E-state index contributed by atoms with van der Waals surface area (Å²) >= 11 is 5.96. The summed E-state index contributed by atoms with van der Waals surface area (Å²) in [5.74, 6) is 0.0812. The van der Waals surface area contributed by atoms with E-state index in [9.17, 15) is 9.90 Å². The molecule has 20 heavy (non-hydrogen) atoms. The molecule has 0 bridgehead atoms. The summed E-state index contributed by atoms with van der Waals surface area (Å²) in [5, 5.41) is 19.2. The lowest BCUT2D eigenvalue weighted by atomic mass is 9.91. The van der Waals surface area contributed by atoms with Gasteiger partial charge in [-0.3, -0.25) is 4.79 Å². The van der Waals surface area contributed by atoms with Gasteiger partial charge >= 0.3 is 0 Å². The Morgan fingerprint density at radius 1 is 1.45 bits per heavy atom. The van der Waals surface area contributed by atoms with E-state index in [1.807, 2.05) is 6.92 Å². The molecular weight excluding hydrogens is 278 g/mol. The number of hydrogen-bond acceptors (Lipinski definition) is 3. The number of aliphatic hydroxyl groups is 2. The first-order valence-electron chi connectivity index (χ1n) is 6.87. The van der Waals surface area contributed by atoms with Gasteiger partial charge in [0.2, 0.25) is 0 Å². The van der Waals surface area contributed by atoms with Crippen molar-refractivity contribution in [3.63, 3.8) is 0 Å². The molecule has 2 N–H and O–H groups in total. The standard InChI is InChI=1S/C15H20ClNO3/c1-10-8-12(2-3-13(10)16)15(20)17-6-4-11(5-7-17)14(19)9-18/h2-3,8,11,14,18-19H,4-7,9H2,1H3. The van der Waals surface area contributed by atoms with Gasteiger partial charge in [0.15, 0.2) is 0 Å². The van der Waals surface area contributed by atoms with Crippen molar-refractivity contribution >= 4 is 17.5 Å². The van der Waals surface area contributed by atoms with Gasteiger partial charge in [0.25, 0.3) is 5.91 Å². The summed E-state index contributed by atoms with van der Waals surface area (Å²) in [6.07, 6.45) is 0.769. The maximum absolute atomic E-state index is 12.4. The third-order valence-corrected chi connectivity index (χ3v) is 4.39. The molecule has 110 valence electrons. The number of nitrogens with zero attached hydrogens (tertiary/aromatic N) is 1. The average molecular weight is 298 g/mol. The fraction of sp³-hybridized carbons (Fsp3) is 0.533. The highest BCUT2D eigenvalue weighted by Crippen LogP contribution is 2.23. The molecule has 1 heterocycles. The van der Waals surface area contributed by atoms with Crippen LogP contribution in [-0.4, -0.2) is 46.8 Å². The maximum Gasteiger partial charge on any atom is 0.253 e. The highest BCUT2D eigenvalue weighted by Gasteiger charge is 2.27. The number of hydrogen-bond donors (Lipinski definition) is 2. The van der Waals surface area contributed by atoms with E-state index >= 15 is 0 Å². The SMILES string of the molecule is Cc1cc(C(=O)N2CCC(C(O)CO)CC2)ccc1Cl. The molecule has 0 spiro atoms. The third kappa shape index (κ3) is 3.32. The van der Waals surface area contributed by atoms with Crippen LogP contribution in [0.5, 0.6) is 0 Å². The summed E-state index contributed by atoms with van der Waals surface area (Å²) < 4.78 is 0. The lowest BCUT2D eigenvalue weighted by molar-refractivity contribution is 0.0179. The van der Waals surface area contributed by atoms with E-state index in [-0.39, 0.29) is 18.4 Å². The fourth-order valence-electron chi connectivity index (χ4n) is 2.60. The van der Waals surface area contributed by atoms with Gasteiger partial charge in [-0.15, -0.1) is 0 Å². The van der Waals surface area contributed by atoms with Gasteiger partial charge in [-0.05, 0) is 49.4 Å². The van der Waals surface area contributed by atoms with Gasteiger partial charge < -0.3 is 15.1 Å². The Hall–Kier alpha value is -1.10. The van der Waals surface area contributed by atoms with Crippen LogP contribution < -0.4 is 0 Å². The number of benzene rings is 1.